The molecule has 5 N–H and O–H groups in total. The van der Waals surface area contributed by atoms with E-state index in [1.54, 1.807) is 36.4 Å². The lowest BCUT2D eigenvalue weighted by Crippen LogP contribution is -2.40. The molecule has 0 radical (unpaired) electrons. The molecule has 0 bridgehead atoms. The Morgan fingerprint density at radius 3 is 2.48 bits per heavy atom. The van der Waals surface area contributed by atoms with Crippen molar-refractivity contribution in [2.45, 2.75) is 25.8 Å². The van der Waals surface area contributed by atoms with Crippen LogP contribution >= 0.6 is 0 Å². The van der Waals surface area contributed by atoms with Crippen LogP contribution in [-0.4, -0.2) is 24.1 Å². The minimum absolute atomic E-state index is 0.151. The first-order chi connectivity index (χ1) is 12.9. The molecule has 2 rings (SSSR count). The first-order valence-corrected chi connectivity index (χ1v) is 8.64. The summed E-state index contributed by atoms with van der Waals surface area (Å²) in [6.07, 6.45) is 0.483. The summed E-state index contributed by atoms with van der Waals surface area (Å²) in [5.41, 5.74) is 7.53. The van der Waals surface area contributed by atoms with E-state index in [2.05, 4.69) is 10.6 Å². The Morgan fingerprint density at radius 1 is 1.15 bits per heavy atom. The van der Waals surface area contributed by atoms with Gasteiger partial charge in [-0.3, -0.25) is 4.79 Å². The van der Waals surface area contributed by atoms with Crippen molar-refractivity contribution in [3.05, 3.63) is 65.5 Å². The Balaban J connectivity index is 1.85. The Hall–Kier alpha value is -3.22. The smallest absolute Gasteiger partial charge is 0.315 e. The summed E-state index contributed by atoms with van der Waals surface area (Å²) in [6.45, 7) is 1.82. The number of amides is 2. The van der Waals surface area contributed by atoms with E-state index in [9.17, 15) is 14.0 Å². The number of halogens is 1. The molecular weight excluding hydrogens is 347 g/mol. The van der Waals surface area contributed by atoms with Gasteiger partial charge in [-0.05, 0) is 41.8 Å². The van der Waals surface area contributed by atoms with Crippen molar-refractivity contribution in [1.29, 1.82) is 5.41 Å². The monoisotopic (exact) mass is 370 g/mol. The third-order valence-corrected chi connectivity index (χ3v) is 4.15. The van der Waals surface area contributed by atoms with Gasteiger partial charge >= 0.3 is 6.03 Å². The summed E-state index contributed by atoms with van der Waals surface area (Å²) in [5.74, 6) is -1.42. The van der Waals surface area contributed by atoms with Crippen LogP contribution in [0.25, 0.3) is 0 Å². The molecule has 0 spiro atoms. The molecule has 0 saturated carbocycles. The van der Waals surface area contributed by atoms with Gasteiger partial charge in [0.2, 0.25) is 0 Å². The van der Waals surface area contributed by atoms with Crippen LogP contribution in [0.3, 0.4) is 0 Å². The number of ketones is 1. The third-order valence-electron chi connectivity index (χ3n) is 4.15. The Labute approximate surface area is 157 Å². The molecule has 0 fully saturated rings. The fourth-order valence-corrected chi connectivity index (χ4v) is 2.66. The van der Waals surface area contributed by atoms with Crippen molar-refractivity contribution in [2.75, 3.05) is 12.3 Å². The minimum atomic E-state index is -0.508. The molecular formula is C20H23FN4O2. The van der Waals surface area contributed by atoms with Crippen molar-refractivity contribution in [1.82, 2.24) is 10.6 Å². The number of hydrogen-bond donors (Lipinski definition) is 4. The summed E-state index contributed by atoms with van der Waals surface area (Å²) in [6, 6.07) is 12.4. The van der Waals surface area contributed by atoms with Crippen LogP contribution in [0.4, 0.5) is 14.9 Å². The molecule has 1 unspecified atom stereocenters. The molecule has 0 aliphatic carbocycles. The molecule has 7 heteroatoms. The number of nitrogen functional groups attached to an aromatic ring is 1. The van der Waals surface area contributed by atoms with Crippen molar-refractivity contribution in [2.24, 2.45) is 0 Å². The summed E-state index contributed by atoms with van der Waals surface area (Å²) in [7, 11) is 0. The lowest BCUT2D eigenvalue weighted by Gasteiger charge is -2.16. The average molecular weight is 370 g/mol. The van der Waals surface area contributed by atoms with Gasteiger partial charge in [-0.2, -0.15) is 0 Å². The van der Waals surface area contributed by atoms with Gasteiger partial charge in [-0.25, -0.2) is 9.18 Å². The zero-order chi connectivity index (χ0) is 19.8. The highest BCUT2D eigenvalue weighted by atomic mass is 19.1. The van der Waals surface area contributed by atoms with Crippen molar-refractivity contribution in [3.63, 3.8) is 0 Å². The maximum Gasteiger partial charge on any atom is 0.315 e. The number of urea groups is 1. The lowest BCUT2D eigenvalue weighted by molar-refractivity contribution is -0.112. The highest BCUT2D eigenvalue weighted by molar-refractivity contribution is 6.41. The summed E-state index contributed by atoms with van der Waals surface area (Å²) in [4.78, 5) is 24.1. The molecule has 0 aliphatic heterocycles. The lowest BCUT2D eigenvalue weighted by atomic mass is 9.89. The number of anilines is 1. The van der Waals surface area contributed by atoms with Gasteiger partial charge in [0.05, 0.1) is 12.3 Å². The van der Waals surface area contributed by atoms with E-state index in [4.69, 9.17) is 11.1 Å². The Morgan fingerprint density at radius 2 is 1.85 bits per heavy atom. The number of nitrogens with one attached hydrogen (secondary N) is 3. The van der Waals surface area contributed by atoms with E-state index in [0.29, 0.717) is 24.2 Å². The quantitative estimate of drug-likeness (QED) is 0.424. The fourth-order valence-electron chi connectivity index (χ4n) is 2.66. The average Bonchev–Trinajstić information content (AvgIpc) is 2.66. The van der Waals surface area contributed by atoms with Crippen LogP contribution < -0.4 is 16.4 Å². The van der Waals surface area contributed by atoms with E-state index < -0.39 is 23.5 Å². The molecule has 0 heterocycles. The highest BCUT2D eigenvalue weighted by Gasteiger charge is 2.22. The maximum atomic E-state index is 13.4. The van der Waals surface area contributed by atoms with Gasteiger partial charge in [-0.1, -0.05) is 31.2 Å². The molecule has 6 nitrogen and oxygen atoms in total. The second kappa shape index (κ2) is 9.47. The van der Waals surface area contributed by atoms with Gasteiger partial charge in [0.1, 0.15) is 5.82 Å². The molecule has 0 aliphatic rings. The van der Waals surface area contributed by atoms with Crippen molar-refractivity contribution < 1.29 is 14.0 Å². The number of carbonyl (C=O) groups is 2. The molecule has 142 valence electrons. The second-order valence-electron chi connectivity index (χ2n) is 6.13. The number of hydrogen-bond acceptors (Lipinski definition) is 4. The van der Waals surface area contributed by atoms with Gasteiger partial charge < -0.3 is 21.8 Å². The van der Waals surface area contributed by atoms with Crippen molar-refractivity contribution in [3.8, 4) is 0 Å². The summed E-state index contributed by atoms with van der Waals surface area (Å²) >= 11 is 0. The van der Waals surface area contributed by atoms with E-state index in [0.717, 1.165) is 5.56 Å². The van der Waals surface area contributed by atoms with Crippen LogP contribution in [0, 0.1) is 11.2 Å². The number of nitrogens with two attached hydrogens (primary N) is 1. The van der Waals surface area contributed by atoms with Gasteiger partial charge in [0.15, 0.2) is 5.78 Å². The molecule has 1 atom stereocenters. The summed E-state index contributed by atoms with van der Waals surface area (Å²) < 4.78 is 13.4. The largest absolute Gasteiger partial charge is 0.399 e. The highest BCUT2D eigenvalue weighted by Crippen LogP contribution is 2.21. The normalized spacial score (nSPS) is 11.5. The van der Waals surface area contributed by atoms with Crippen LogP contribution in [-0.2, 0) is 11.3 Å². The van der Waals surface area contributed by atoms with Crippen molar-refractivity contribution >= 4 is 23.2 Å². The maximum absolute atomic E-state index is 13.4. The fraction of sp³-hybridized carbons (Fsp3) is 0.250. The molecule has 2 aromatic rings. The summed E-state index contributed by atoms with van der Waals surface area (Å²) in [5, 5.41) is 13.2. The Kier molecular flexibility index (Phi) is 7.05. The van der Waals surface area contributed by atoms with Crippen LogP contribution in [0.1, 0.15) is 30.4 Å². The number of carbonyl (C=O) groups excluding carboxylic acids is 2. The van der Waals surface area contributed by atoms with Gasteiger partial charge in [0, 0.05) is 18.2 Å². The van der Waals surface area contributed by atoms with Crippen LogP contribution in [0.5, 0.6) is 0 Å². The van der Waals surface area contributed by atoms with Crippen LogP contribution in [0.15, 0.2) is 48.5 Å². The first kappa shape index (κ1) is 20.1. The molecule has 0 aromatic heterocycles. The van der Waals surface area contributed by atoms with E-state index in [1.165, 1.54) is 12.1 Å². The van der Waals surface area contributed by atoms with Crippen LogP contribution in [0.2, 0.25) is 0 Å². The topological polar surface area (TPSA) is 108 Å². The Bertz CT molecular complexity index is 821. The second-order valence-corrected chi connectivity index (χ2v) is 6.13. The minimum Gasteiger partial charge on any atom is -0.399 e. The first-order valence-electron chi connectivity index (χ1n) is 8.64. The van der Waals surface area contributed by atoms with E-state index in [-0.39, 0.29) is 12.3 Å². The van der Waals surface area contributed by atoms with Gasteiger partial charge in [-0.15, -0.1) is 0 Å². The number of Topliss-reactive ketones (excluding diaryl/α,β-unsaturated/α-hetero) is 1. The molecule has 0 saturated heterocycles. The third kappa shape index (κ3) is 5.91. The molecule has 2 amide bonds. The van der Waals surface area contributed by atoms with E-state index >= 15 is 0 Å². The molecule has 2 aromatic carbocycles. The predicted molar refractivity (Wildman–Crippen MR) is 103 cm³/mol. The zero-order valence-corrected chi connectivity index (χ0v) is 15.1. The van der Waals surface area contributed by atoms with E-state index in [1.807, 2.05) is 6.92 Å². The number of rotatable bonds is 8. The predicted octanol–water partition coefficient (Wildman–Crippen LogP) is 2.99. The van der Waals surface area contributed by atoms with Gasteiger partial charge in [0.25, 0.3) is 0 Å². The standard InChI is InChI=1S/C20H23FN4O2/c1-2-17(14-4-3-5-15(21)10-14)19(23)18(26)12-25-20(27)24-11-13-6-8-16(22)9-7-13/h3-10,17,23H,2,11-12,22H2,1H3,(H2,24,25,27). The zero-order valence-electron chi connectivity index (χ0n) is 15.1. The molecule has 27 heavy (non-hydrogen) atoms. The number of benzene rings is 2. The SMILES string of the molecule is CCC(C(=N)C(=O)CNC(=O)NCc1ccc(N)cc1)c1cccc(F)c1.